The second kappa shape index (κ2) is 6.92. The van der Waals surface area contributed by atoms with Gasteiger partial charge in [-0.25, -0.2) is 14.2 Å². The van der Waals surface area contributed by atoms with E-state index in [-0.39, 0.29) is 17.9 Å². The highest BCUT2D eigenvalue weighted by Crippen LogP contribution is 2.32. The number of carbonyl (C=O) groups is 1. The Bertz CT molecular complexity index is 925. The molecule has 0 bridgehead atoms. The van der Waals surface area contributed by atoms with Crippen molar-refractivity contribution in [2.24, 2.45) is 0 Å². The second-order valence-corrected chi connectivity index (χ2v) is 7.15. The first kappa shape index (κ1) is 16.8. The molecule has 1 unspecified atom stereocenters. The lowest BCUT2D eigenvalue weighted by molar-refractivity contribution is -0.157. The van der Waals surface area contributed by atoms with Crippen molar-refractivity contribution in [3.63, 3.8) is 0 Å². The van der Waals surface area contributed by atoms with E-state index in [4.69, 9.17) is 9.47 Å². The molecule has 7 heteroatoms. The standard InChI is InChI=1S/C19H17FN2O3S/c1-12(24-14-5-3-2-4-6-14)18(23)25-15-10-22(11-15)19-21-16-8-7-13(20)9-17(16)26-19/h2-9,12,15H,10-11H2,1H3. The topological polar surface area (TPSA) is 51.7 Å². The van der Waals surface area contributed by atoms with Crippen LogP contribution >= 0.6 is 11.3 Å². The average Bonchev–Trinajstić information content (AvgIpc) is 3.00. The zero-order valence-electron chi connectivity index (χ0n) is 14.1. The van der Waals surface area contributed by atoms with Crippen molar-refractivity contribution in [1.82, 2.24) is 4.98 Å². The fraction of sp³-hybridized carbons (Fsp3) is 0.263. The Balaban J connectivity index is 1.30. The number of nitrogens with zero attached hydrogens (tertiary/aromatic N) is 2. The molecule has 26 heavy (non-hydrogen) atoms. The van der Waals surface area contributed by atoms with Crippen LogP contribution in [-0.2, 0) is 9.53 Å². The molecule has 0 spiro atoms. The maximum absolute atomic E-state index is 13.3. The number of anilines is 1. The van der Waals surface area contributed by atoms with E-state index in [0.717, 1.165) is 15.3 Å². The van der Waals surface area contributed by atoms with Crippen LogP contribution in [0.25, 0.3) is 10.2 Å². The number of para-hydroxylation sites is 1. The molecule has 134 valence electrons. The van der Waals surface area contributed by atoms with Crippen molar-refractivity contribution < 1.29 is 18.7 Å². The maximum atomic E-state index is 13.3. The summed E-state index contributed by atoms with van der Waals surface area (Å²) in [4.78, 5) is 18.7. The van der Waals surface area contributed by atoms with Gasteiger partial charge in [-0.2, -0.15) is 0 Å². The third-order valence-corrected chi connectivity index (χ3v) is 5.21. The summed E-state index contributed by atoms with van der Waals surface area (Å²) in [5.74, 6) is -0.0192. The summed E-state index contributed by atoms with van der Waals surface area (Å²) in [6, 6.07) is 13.7. The third kappa shape index (κ3) is 3.48. The fourth-order valence-corrected chi connectivity index (χ4v) is 3.71. The van der Waals surface area contributed by atoms with E-state index in [1.165, 1.54) is 23.5 Å². The van der Waals surface area contributed by atoms with E-state index in [1.807, 2.05) is 23.1 Å². The first-order valence-corrected chi connectivity index (χ1v) is 9.13. The van der Waals surface area contributed by atoms with Crippen molar-refractivity contribution in [2.45, 2.75) is 19.1 Å². The van der Waals surface area contributed by atoms with Crippen LogP contribution in [0, 0.1) is 5.82 Å². The maximum Gasteiger partial charge on any atom is 0.347 e. The van der Waals surface area contributed by atoms with Crippen molar-refractivity contribution in [3.8, 4) is 5.75 Å². The van der Waals surface area contributed by atoms with Gasteiger partial charge in [-0.1, -0.05) is 29.5 Å². The summed E-state index contributed by atoms with van der Waals surface area (Å²) in [5.41, 5.74) is 0.775. The molecule has 2 heterocycles. The number of carbonyl (C=O) groups excluding carboxylic acids is 1. The molecular formula is C19H17FN2O3S. The summed E-state index contributed by atoms with van der Waals surface area (Å²) >= 11 is 1.43. The number of hydrogen-bond acceptors (Lipinski definition) is 6. The summed E-state index contributed by atoms with van der Waals surface area (Å²) in [5, 5.41) is 0.812. The number of aromatic nitrogens is 1. The Labute approximate surface area is 154 Å². The van der Waals surface area contributed by atoms with Crippen LogP contribution in [-0.4, -0.2) is 36.3 Å². The molecule has 3 aromatic rings. The Morgan fingerprint density at radius 3 is 2.81 bits per heavy atom. The second-order valence-electron chi connectivity index (χ2n) is 6.15. The fourth-order valence-electron chi connectivity index (χ4n) is 2.70. The zero-order chi connectivity index (χ0) is 18.1. The van der Waals surface area contributed by atoms with Gasteiger partial charge in [0.25, 0.3) is 0 Å². The molecule has 1 aliphatic rings. The monoisotopic (exact) mass is 372 g/mol. The van der Waals surface area contributed by atoms with Crippen LogP contribution < -0.4 is 9.64 Å². The molecule has 0 radical (unpaired) electrons. The Morgan fingerprint density at radius 1 is 1.27 bits per heavy atom. The lowest BCUT2D eigenvalue weighted by Gasteiger charge is -2.38. The van der Waals surface area contributed by atoms with Crippen molar-refractivity contribution in [2.75, 3.05) is 18.0 Å². The van der Waals surface area contributed by atoms with Crippen LogP contribution in [0.1, 0.15) is 6.92 Å². The van der Waals surface area contributed by atoms with Crippen LogP contribution in [0.3, 0.4) is 0 Å². The van der Waals surface area contributed by atoms with E-state index < -0.39 is 6.10 Å². The highest BCUT2D eigenvalue weighted by molar-refractivity contribution is 7.22. The SMILES string of the molecule is CC(Oc1ccccc1)C(=O)OC1CN(c2nc3ccc(F)cc3s2)C1. The molecule has 0 saturated carbocycles. The van der Waals surface area contributed by atoms with Gasteiger partial charge in [-0.05, 0) is 37.3 Å². The number of ether oxygens (including phenoxy) is 2. The molecule has 2 aromatic carbocycles. The van der Waals surface area contributed by atoms with E-state index in [0.29, 0.717) is 18.8 Å². The lowest BCUT2D eigenvalue weighted by Crippen LogP contribution is -2.54. The molecule has 5 nitrogen and oxygen atoms in total. The van der Waals surface area contributed by atoms with E-state index in [9.17, 15) is 9.18 Å². The van der Waals surface area contributed by atoms with Crippen molar-refractivity contribution in [3.05, 3.63) is 54.3 Å². The number of thiazole rings is 1. The molecule has 1 aliphatic heterocycles. The highest BCUT2D eigenvalue weighted by Gasteiger charge is 2.33. The van der Waals surface area contributed by atoms with E-state index in [1.54, 1.807) is 25.1 Å². The number of rotatable bonds is 5. The Morgan fingerprint density at radius 2 is 2.04 bits per heavy atom. The minimum atomic E-state index is -0.670. The van der Waals surface area contributed by atoms with Gasteiger partial charge in [-0.3, -0.25) is 0 Å². The molecule has 4 rings (SSSR count). The van der Waals surface area contributed by atoms with Gasteiger partial charge in [0, 0.05) is 0 Å². The number of fused-ring (bicyclic) bond motifs is 1. The summed E-state index contributed by atoms with van der Waals surface area (Å²) in [7, 11) is 0. The summed E-state index contributed by atoms with van der Waals surface area (Å²) < 4.78 is 25.1. The Hall–Kier alpha value is -2.67. The Kier molecular flexibility index (Phi) is 4.46. The molecule has 0 amide bonds. The molecule has 0 aliphatic carbocycles. The molecule has 0 N–H and O–H groups in total. The number of esters is 1. The van der Waals surface area contributed by atoms with Gasteiger partial charge < -0.3 is 14.4 Å². The van der Waals surface area contributed by atoms with Gasteiger partial charge in [0.1, 0.15) is 17.7 Å². The van der Waals surface area contributed by atoms with E-state index >= 15 is 0 Å². The molecule has 1 aromatic heterocycles. The molecular weight excluding hydrogens is 355 g/mol. The third-order valence-electron chi connectivity index (χ3n) is 4.13. The summed E-state index contributed by atoms with van der Waals surface area (Å²) in [6.45, 7) is 2.83. The van der Waals surface area contributed by atoms with E-state index in [2.05, 4.69) is 4.98 Å². The largest absolute Gasteiger partial charge is 0.479 e. The van der Waals surface area contributed by atoms with Gasteiger partial charge in [0.15, 0.2) is 11.2 Å². The lowest BCUT2D eigenvalue weighted by atomic mass is 10.2. The highest BCUT2D eigenvalue weighted by atomic mass is 32.1. The summed E-state index contributed by atoms with van der Waals surface area (Å²) in [6.07, 6.45) is -0.857. The van der Waals surface area contributed by atoms with Crippen LogP contribution in [0.4, 0.5) is 9.52 Å². The molecule has 1 fully saturated rings. The normalized spacial score (nSPS) is 15.5. The predicted molar refractivity (Wildman–Crippen MR) is 98.2 cm³/mol. The molecule has 1 saturated heterocycles. The van der Waals surface area contributed by atoms with Gasteiger partial charge in [-0.15, -0.1) is 0 Å². The van der Waals surface area contributed by atoms with Crippen molar-refractivity contribution >= 4 is 32.7 Å². The zero-order valence-corrected chi connectivity index (χ0v) is 14.9. The minimum absolute atomic E-state index is 0.187. The smallest absolute Gasteiger partial charge is 0.347 e. The van der Waals surface area contributed by atoms with Gasteiger partial charge in [0.05, 0.1) is 23.3 Å². The first-order valence-electron chi connectivity index (χ1n) is 8.32. The predicted octanol–water partition coefficient (Wildman–Crippen LogP) is 3.63. The van der Waals surface area contributed by atoms with Gasteiger partial charge in [0.2, 0.25) is 0 Å². The van der Waals surface area contributed by atoms with Crippen LogP contribution in [0.5, 0.6) is 5.75 Å². The van der Waals surface area contributed by atoms with Crippen LogP contribution in [0.15, 0.2) is 48.5 Å². The first-order chi connectivity index (χ1) is 12.6. The van der Waals surface area contributed by atoms with Crippen LogP contribution in [0.2, 0.25) is 0 Å². The minimum Gasteiger partial charge on any atom is -0.479 e. The quantitative estimate of drug-likeness (QED) is 0.640. The number of hydrogen-bond donors (Lipinski definition) is 0. The van der Waals surface area contributed by atoms with Gasteiger partial charge >= 0.3 is 5.97 Å². The molecule has 1 atom stereocenters. The number of benzene rings is 2. The number of halogens is 1. The van der Waals surface area contributed by atoms with Crippen molar-refractivity contribution in [1.29, 1.82) is 0 Å². The average molecular weight is 372 g/mol.